The van der Waals surface area contributed by atoms with Crippen molar-refractivity contribution in [2.75, 3.05) is 0 Å². The van der Waals surface area contributed by atoms with Crippen LogP contribution in [-0.4, -0.2) is 16.2 Å². The van der Waals surface area contributed by atoms with Crippen molar-refractivity contribution < 1.29 is 4.42 Å². The molecule has 0 radical (unpaired) electrons. The molecular weight excluding hydrogens is 719 g/mol. The first kappa shape index (κ1) is 32.5. The molecule has 13 rings (SSSR count). The van der Waals surface area contributed by atoms with Gasteiger partial charge in [0.2, 0.25) is 5.96 Å². The van der Waals surface area contributed by atoms with Crippen molar-refractivity contribution in [3.8, 4) is 22.3 Å². The maximum atomic E-state index is 6.60. The van der Waals surface area contributed by atoms with Gasteiger partial charge in [-0.25, -0.2) is 9.98 Å². The Bertz CT molecular complexity index is 3640. The fourth-order valence-electron chi connectivity index (χ4n) is 10.2. The number of para-hydroxylation sites is 2. The molecule has 0 spiro atoms. The van der Waals surface area contributed by atoms with Crippen LogP contribution in [0.15, 0.2) is 202 Å². The topological polar surface area (TPSA) is 42.8 Å². The van der Waals surface area contributed by atoms with Gasteiger partial charge in [-0.15, -0.1) is 0 Å². The van der Waals surface area contributed by atoms with Crippen LogP contribution in [0.25, 0.3) is 87.5 Å². The van der Waals surface area contributed by atoms with Gasteiger partial charge >= 0.3 is 0 Å². The zero-order chi connectivity index (χ0) is 38.8. The van der Waals surface area contributed by atoms with E-state index in [-0.39, 0.29) is 5.92 Å². The van der Waals surface area contributed by atoms with Gasteiger partial charge in [0.15, 0.2) is 0 Å². The van der Waals surface area contributed by atoms with E-state index in [0.29, 0.717) is 5.96 Å². The van der Waals surface area contributed by atoms with E-state index in [2.05, 4.69) is 193 Å². The van der Waals surface area contributed by atoms with Gasteiger partial charge in [-0.1, -0.05) is 152 Å². The van der Waals surface area contributed by atoms with Crippen LogP contribution >= 0.6 is 0 Å². The number of fused-ring (bicyclic) bond motifs is 15. The summed E-state index contributed by atoms with van der Waals surface area (Å²) in [7, 11) is 0. The fraction of sp³-hybridized carbons (Fsp3) is 0.0545. The van der Waals surface area contributed by atoms with Gasteiger partial charge in [0.1, 0.15) is 11.2 Å². The monoisotopic (exact) mass is 753 g/mol. The molecule has 1 aliphatic carbocycles. The van der Waals surface area contributed by atoms with Crippen molar-refractivity contribution in [3.05, 3.63) is 205 Å². The van der Waals surface area contributed by atoms with Crippen LogP contribution in [-0.2, 0) is 5.54 Å². The summed E-state index contributed by atoms with van der Waals surface area (Å²) in [6, 6.07) is 67.9. The van der Waals surface area contributed by atoms with Gasteiger partial charge in [0.25, 0.3) is 0 Å². The van der Waals surface area contributed by atoms with Crippen molar-refractivity contribution in [2.24, 2.45) is 9.98 Å². The Kier molecular flexibility index (Phi) is 6.60. The molecule has 1 aliphatic heterocycles. The van der Waals surface area contributed by atoms with Crippen LogP contribution in [0, 0.1) is 0 Å². The van der Waals surface area contributed by atoms with E-state index in [1.165, 1.54) is 38.6 Å². The van der Waals surface area contributed by atoms with Gasteiger partial charge in [-0.2, -0.15) is 0 Å². The minimum atomic E-state index is -0.710. The van der Waals surface area contributed by atoms with Crippen molar-refractivity contribution in [3.63, 3.8) is 0 Å². The summed E-state index contributed by atoms with van der Waals surface area (Å²) in [5.41, 5.74) is 12.6. The molecule has 2 atom stereocenters. The molecule has 0 N–H and O–H groups in total. The summed E-state index contributed by atoms with van der Waals surface area (Å²) in [6.45, 7) is 2.31. The number of benzene rings is 9. The van der Waals surface area contributed by atoms with Crippen LogP contribution in [0.3, 0.4) is 0 Å². The van der Waals surface area contributed by atoms with Gasteiger partial charge < -0.3 is 4.42 Å². The average molecular weight is 754 g/mol. The number of hydrogen-bond donors (Lipinski definition) is 0. The summed E-state index contributed by atoms with van der Waals surface area (Å²) in [6.07, 6.45) is 0. The lowest BCUT2D eigenvalue weighted by molar-refractivity contribution is 0.455. The quantitative estimate of drug-likeness (QED) is 0.173. The van der Waals surface area contributed by atoms with Crippen molar-refractivity contribution in [2.45, 2.75) is 18.4 Å². The molecule has 0 amide bonds. The zero-order valence-corrected chi connectivity index (χ0v) is 32.2. The molecule has 0 saturated carbocycles. The number of rotatable bonds is 2. The molecule has 4 nitrogen and oxygen atoms in total. The molecule has 0 saturated heterocycles. The smallest absolute Gasteiger partial charge is 0.231 e. The maximum Gasteiger partial charge on any atom is 0.231 e. The summed E-state index contributed by atoms with van der Waals surface area (Å²) < 4.78 is 8.89. The minimum Gasteiger partial charge on any atom is -0.455 e. The van der Waals surface area contributed by atoms with Crippen molar-refractivity contribution >= 4 is 77.0 Å². The van der Waals surface area contributed by atoms with Crippen molar-refractivity contribution in [1.82, 2.24) is 4.57 Å². The first-order valence-electron chi connectivity index (χ1n) is 20.4. The third-order valence-electron chi connectivity index (χ3n) is 13.1. The molecule has 0 fully saturated rings. The van der Waals surface area contributed by atoms with Crippen LogP contribution in [0.5, 0.6) is 0 Å². The lowest BCUT2D eigenvalue weighted by atomic mass is 9.66. The van der Waals surface area contributed by atoms with E-state index in [9.17, 15) is 0 Å². The molecule has 276 valence electrons. The lowest BCUT2D eigenvalue weighted by Crippen LogP contribution is -2.41. The fourth-order valence-corrected chi connectivity index (χ4v) is 10.2. The van der Waals surface area contributed by atoms with Gasteiger partial charge in [-0.3, -0.25) is 4.57 Å². The van der Waals surface area contributed by atoms with Crippen LogP contribution in [0.1, 0.15) is 29.5 Å². The molecule has 59 heavy (non-hydrogen) atoms. The van der Waals surface area contributed by atoms with E-state index in [4.69, 9.17) is 14.4 Å². The third kappa shape index (κ3) is 4.60. The largest absolute Gasteiger partial charge is 0.455 e. The second-order valence-corrected chi connectivity index (χ2v) is 16.2. The number of aromatic nitrogens is 1. The predicted octanol–water partition coefficient (Wildman–Crippen LogP) is 14.1. The average Bonchev–Trinajstić information content (AvgIpc) is 3.84. The Hall–Kier alpha value is -7.56. The van der Waals surface area contributed by atoms with Gasteiger partial charge in [0, 0.05) is 32.5 Å². The standard InChI is InChI=1S/C55H35N3O/c1-55(38-27-24-34(25-28-38)36-23-22-33-12-2-3-13-35(33)30-36)51-43-18-6-4-14-39(43)40-15-5-7-19-44(40)52(51)56-54(57-55)58-48-20-10-8-16-41(48)47-31-37-26-29-45-42-17-9-11-21-50(42)59-53(45)46(37)32-49(47)58/h2-32,51H,1H3. The van der Waals surface area contributed by atoms with Crippen LogP contribution in [0.4, 0.5) is 0 Å². The summed E-state index contributed by atoms with van der Waals surface area (Å²) >= 11 is 0. The Morgan fingerprint density at radius 1 is 0.492 bits per heavy atom. The molecule has 9 aromatic carbocycles. The molecule has 2 aromatic heterocycles. The summed E-state index contributed by atoms with van der Waals surface area (Å²) in [5.74, 6) is 0.557. The molecule has 0 bridgehead atoms. The van der Waals surface area contributed by atoms with E-state index in [1.54, 1.807) is 0 Å². The molecule has 3 heterocycles. The Labute approximate surface area is 340 Å². The second kappa shape index (κ2) is 12.0. The number of nitrogens with zero attached hydrogens (tertiary/aromatic N) is 3. The summed E-state index contributed by atoms with van der Waals surface area (Å²) in [4.78, 5) is 11.6. The highest BCUT2D eigenvalue weighted by atomic mass is 16.3. The molecule has 2 unspecified atom stereocenters. The predicted molar refractivity (Wildman–Crippen MR) is 245 cm³/mol. The molecular formula is C55H35N3O. The van der Waals surface area contributed by atoms with Crippen LogP contribution < -0.4 is 0 Å². The Morgan fingerprint density at radius 3 is 2.07 bits per heavy atom. The lowest BCUT2D eigenvalue weighted by Gasteiger charge is -2.42. The van der Waals surface area contributed by atoms with E-state index in [0.717, 1.165) is 71.4 Å². The Balaban J connectivity index is 1.08. The number of furan rings is 1. The highest BCUT2D eigenvalue weighted by Crippen LogP contribution is 2.52. The molecule has 2 aliphatic rings. The Morgan fingerprint density at radius 2 is 1.19 bits per heavy atom. The minimum absolute atomic E-state index is 0.118. The molecule has 11 aromatic rings. The first-order valence-corrected chi connectivity index (χ1v) is 20.4. The highest BCUT2D eigenvalue weighted by molar-refractivity contribution is 6.25. The SMILES string of the molecule is CC1(c2ccc(-c3ccc4ccccc4c3)cc2)N=C(n2c3ccccc3c3cc4ccc5c6ccccc6oc5c4cc32)N=C2c3ccccc3-c3ccccc3C21. The first-order chi connectivity index (χ1) is 29.1. The zero-order valence-electron chi connectivity index (χ0n) is 32.2. The van der Waals surface area contributed by atoms with E-state index in [1.807, 2.05) is 6.07 Å². The van der Waals surface area contributed by atoms with Crippen LogP contribution in [0.2, 0.25) is 0 Å². The van der Waals surface area contributed by atoms with Crippen molar-refractivity contribution in [1.29, 1.82) is 0 Å². The van der Waals surface area contributed by atoms with Gasteiger partial charge in [-0.05, 0) is 92.9 Å². The highest BCUT2D eigenvalue weighted by Gasteiger charge is 2.47. The number of aliphatic imine (C=N–C) groups is 2. The van der Waals surface area contributed by atoms with E-state index >= 15 is 0 Å². The van der Waals surface area contributed by atoms with E-state index < -0.39 is 5.54 Å². The second-order valence-electron chi connectivity index (χ2n) is 16.2. The molecule has 4 heteroatoms. The number of hydrogen-bond acceptors (Lipinski definition) is 3. The normalized spacial score (nSPS) is 17.3. The third-order valence-corrected chi connectivity index (χ3v) is 13.1. The summed E-state index contributed by atoms with van der Waals surface area (Å²) in [5, 5.41) is 9.25. The maximum absolute atomic E-state index is 6.60. The van der Waals surface area contributed by atoms with Gasteiger partial charge in [0.05, 0.1) is 28.2 Å².